The molecule has 0 aromatic heterocycles. The maximum absolute atomic E-state index is 13.1. The molecule has 0 bridgehead atoms. The molecule has 0 spiro atoms. The maximum Gasteiger partial charge on any atom is 0.264 e. The van der Waals surface area contributed by atoms with Crippen LogP contribution in [0.1, 0.15) is 31.1 Å². The van der Waals surface area contributed by atoms with Gasteiger partial charge in [-0.15, -0.1) is 12.4 Å². The Bertz CT molecular complexity index is 871. The molecule has 0 heterocycles. The zero-order chi connectivity index (χ0) is 19.4. The highest BCUT2D eigenvalue weighted by Crippen LogP contribution is 2.24. The fourth-order valence-corrected chi connectivity index (χ4v) is 3.96. The van der Waals surface area contributed by atoms with Crippen molar-refractivity contribution in [1.29, 1.82) is 0 Å². The van der Waals surface area contributed by atoms with E-state index in [1.807, 2.05) is 6.07 Å². The Balaban J connectivity index is 0.00000364. The van der Waals surface area contributed by atoms with E-state index in [-0.39, 0.29) is 41.9 Å². The molecule has 148 valence electrons. The van der Waals surface area contributed by atoms with Gasteiger partial charge >= 0.3 is 0 Å². The van der Waals surface area contributed by atoms with Crippen molar-refractivity contribution in [3.05, 3.63) is 60.2 Å². The summed E-state index contributed by atoms with van der Waals surface area (Å²) in [6, 6.07) is 14.9. The number of rotatable bonds is 7. The van der Waals surface area contributed by atoms with Crippen molar-refractivity contribution in [2.75, 3.05) is 17.4 Å². The third-order valence-electron chi connectivity index (χ3n) is 3.98. The number of sulfonamides is 1. The molecule has 0 aliphatic heterocycles. The van der Waals surface area contributed by atoms with E-state index >= 15 is 0 Å². The summed E-state index contributed by atoms with van der Waals surface area (Å²) in [5.74, 6) is -0.361. The van der Waals surface area contributed by atoms with Crippen molar-refractivity contribution in [3.8, 4) is 0 Å². The average Bonchev–Trinajstić information content (AvgIpc) is 2.63. The molecule has 6 nitrogen and oxygen atoms in total. The summed E-state index contributed by atoms with van der Waals surface area (Å²) >= 11 is 0. The third kappa shape index (κ3) is 5.45. The summed E-state index contributed by atoms with van der Waals surface area (Å²) in [6.45, 7) is 5.93. The van der Waals surface area contributed by atoms with E-state index in [1.165, 1.54) is 16.4 Å². The molecule has 2 rings (SSSR count). The minimum atomic E-state index is -3.78. The summed E-state index contributed by atoms with van der Waals surface area (Å²) < 4.78 is 27.4. The number of nitrogens with one attached hydrogen (secondary N) is 1. The molecular formula is C19H26ClN3O3S. The largest absolute Gasteiger partial charge is 0.346 e. The number of para-hydroxylation sites is 1. The lowest BCUT2D eigenvalue weighted by Crippen LogP contribution is -2.48. The van der Waals surface area contributed by atoms with Crippen LogP contribution in [0.25, 0.3) is 0 Å². The van der Waals surface area contributed by atoms with Gasteiger partial charge in [-0.1, -0.05) is 24.3 Å². The molecule has 0 fully saturated rings. The van der Waals surface area contributed by atoms with Crippen LogP contribution in [0.15, 0.2) is 59.5 Å². The van der Waals surface area contributed by atoms with Crippen molar-refractivity contribution < 1.29 is 13.2 Å². The number of hydrogen-bond donors (Lipinski definition) is 2. The van der Waals surface area contributed by atoms with Crippen LogP contribution >= 0.6 is 12.4 Å². The van der Waals surface area contributed by atoms with Crippen molar-refractivity contribution in [1.82, 2.24) is 5.32 Å². The first-order valence-electron chi connectivity index (χ1n) is 8.41. The Labute approximate surface area is 167 Å². The van der Waals surface area contributed by atoms with E-state index < -0.39 is 15.6 Å². The fraction of sp³-hybridized carbons (Fsp3) is 0.316. The van der Waals surface area contributed by atoms with Crippen LogP contribution in [0.2, 0.25) is 0 Å². The zero-order valence-corrected chi connectivity index (χ0v) is 17.3. The first-order valence-corrected chi connectivity index (χ1v) is 9.86. The summed E-state index contributed by atoms with van der Waals surface area (Å²) in [7, 11) is -3.78. The molecule has 8 heteroatoms. The van der Waals surface area contributed by atoms with Gasteiger partial charge in [0.25, 0.3) is 15.9 Å². The molecule has 1 amide bonds. The number of anilines is 1. The second-order valence-corrected chi connectivity index (χ2v) is 8.44. The second-order valence-electron chi connectivity index (χ2n) is 6.58. The van der Waals surface area contributed by atoms with Crippen LogP contribution in [-0.2, 0) is 10.0 Å². The molecule has 27 heavy (non-hydrogen) atoms. The van der Waals surface area contributed by atoms with Crippen LogP contribution in [0.5, 0.6) is 0 Å². The lowest BCUT2D eigenvalue weighted by atomic mass is 10.1. The van der Waals surface area contributed by atoms with Crippen molar-refractivity contribution in [3.63, 3.8) is 0 Å². The van der Waals surface area contributed by atoms with Gasteiger partial charge in [0.1, 0.15) is 0 Å². The minimum absolute atomic E-state index is 0. The Morgan fingerprint density at radius 1 is 1.11 bits per heavy atom. The first kappa shape index (κ1) is 23.0. The summed E-state index contributed by atoms with van der Waals surface area (Å²) in [5.41, 5.74) is 5.91. The number of halogens is 1. The predicted octanol–water partition coefficient (Wildman–Crippen LogP) is 2.79. The molecule has 2 aromatic rings. The number of hydrogen-bond acceptors (Lipinski definition) is 4. The highest BCUT2D eigenvalue weighted by atomic mass is 35.5. The first-order chi connectivity index (χ1) is 12.2. The molecule has 0 unspecified atom stereocenters. The Hall–Kier alpha value is -2.09. The Morgan fingerprint density at radius 2 is 1.74 bits per heavy atom. The van der Waals surface area contributed by atoms with Gasteiger partial charge in [-0.3, -0.25) is 9.10 Å². The van der Waals surface area contributed by atoms with Gasteiger partial charge in [-0.25, -0.2) is 8.42 Å². The monoisotopic (exact) mass is 411 g/mol. The van der Waals surface area contributed by atoms with E-state index in [0.717, 1.165) is 0 Å². The molecule has 0 atom stereocenters. The number of nitrogens with two attached hydrogens (primary N) is 1. The molecule has 2 aromatic carbocycles. The molecule has 0 saturated heterocycles. The zero-order valence-electron chi connectivity index (χ0n) is 15.7. The quantitative estimate of drug-likeness (QED) is 0.732. The number of nitrogens with zero attached hydrogens (tertiary/aromatic N) is 1. The summed E-state index contributed by atoms with van der Waals surface area (Å²) in [5, 5.41) is 2.80. The van der Waals surface area contributed by atoms with E-state index in [0.29, 0.717) is 5.69 Å². The van der Waals surface area contributed by atoms with Crippen LogP contribution < -0.4 is 15.4 Å². The summed E-state index contributed by atoms with van der Waals surface area (Å²) in [6.07, 6.45) is 0. The van der Waals surface area contributed by atoms with Gasteiger partial charge in [0.05, 0.1) is 10.6 Å². The Kier molecular flexibility index (Phi) is 7.83. The van der Waals surface area contributed by atoms with Crippen molar-refractivity contribution in [2.45, 2.75) is 31.2 Å². The van der Waals surface area contributed by atoms with Gasteiger partial charge in [0.2, 0.25) is 0 Å². The Morgan fingerprint density at radius 3 is 2.30 bits per heavy atom. The molecule has 0 aliphatic rings. The normalized spacial score (nSPS) is 11.4. The molecule has 0 saturated carbocycles. The van der Waals surface area contributed by atoms with Gasteiger partial charge < -0.3 is 11.1 Å². The van der Waals surface area contributed by atoms with Crippen LogP contribution in [0.3, 0.4) is 0 Å². The maximum atomic E-state index is 13.1. The lowest BCUT2D eigenvalue weighted by molar-refractivity contribution is 0.0915. The summed E-state index contributed by atoms with van der Waals surface area (Å²) in [4.78, 5) is 12.5. The van der Waals surface area contributed by atoms with Crippen LogP contribution in [0, 0.1) is 0 Å². The fourth-order valence-electron chi connectivity index (χ4n) is 2.44. The number of carbonyl (C=O) groups excluding carboxylic acids is 1. The SMILES string of the molecule is CCN(c1ccccc1)S(=O)(=O)c1cccc(C(=O)NC(C)(C)CN)c1.Cl. The van der Waals surface area contributed by atoms with Gasteiger partial charge in [0, 0.05) is 24.2 Å². The van der Waals surface area contributed by atoms with Gasteiger partial charge in [-0.05, 0) is 51.1 Å². The predicted molar refractivity (Wildman–Crippen MR) is 111 cm³/mol. The third-order valence-corrected chi connectivity index (χ3v) is 5.88. The minimum Gasteiger partial charge on any atom is -0.346 e. The lowest BCUT2D eigenvalue weighted by Gasteiger charge is -2.25. The van der Waals surface area contributed by atoms with Crippen molar-refractivity contribution in [2.24, 2.45) is 5.73 Å². The molecule has 3 N–H and O–H groups in total. The van der Waals surface area contributed by atoms with Gasteiger partial charge in [0.15, 0.2) is 0 Å². The highest BCUT2D eigenvalue weighted by Gasteiger charge is 2.25. The van der Waals surface area contributed by atoms with E-state index in [4.69, 9.17) is 5.73 Å². The molecular weight excluding hydrogens is 386 g/mol. The van der Waals surface area contributed by atoms with Crippen LogP contribution in [0.4, 0.5) is 5.69 Å². The number of amides is 1. The van der Waals surface area contributed by atoms with E-state index in [1.54, 1.807) is 57.2 Å². The van der Waals surface area contributed by atoms with Crippen LogP contribution in [-0.4, -0.2) is 33.0 Å². The van der Waals surface area contributed by atoms with Gasteiger partial charge in [-0.2, -0.15) is 0 Å². The number of benzene rings is 2. The average molecular weight is 412 g/mol. The highest BCUT2D eigenvalue weighted by molar-refractivity contribution is 7.92. The van der Waals surface area contributed by atoms with E-state index in [2.05, 4.69) is 5.32 Å². The second kappa shape index (κ2) is 9.21. The number of carbonyl (C=O) groups is 1. The standard InChI is InChI=1S/C19H25N3O3S.ClH/c1-4-22(16-10-6-5-7-11-16)26(24,25)17-12-8-9-15(13-17)18(23)21-19(2,3)14-20;/h5-13H,4,14,20H2,1-3H3,(H,21,23);1H. The smallest absolute Gasteiger partial charge is 0.264 e. The topological polar surface area (TPSA) is 92.5 Å². The molecule has 0 radical (unpaired) electrons. The molecule has 0 aliphatic carbocycles. The van der Waals surface area contributed by atoms with Crippen molar-refractivity contribution >= 4 is 34.0 Å². The van der Waals surface area contributed by atoms with E-state index in [9.17, 15) is 13.2 Å².